The van der Waals surface area contributed by atoms with Gasteiger partial charge < -0.3 is 14.9 Å². The molecule has 1 saturated heterocycles. The number of anilines is 2. The fourth-order valence-electron chi connectivity index (χ4n) is 3.59. The Balaban J connectivity index is 1.82. The van der Waals surface area contributed by atoms with Gasteiger partial charge in [0.2, 0.25) is 16.0 Å². The highest BCUT2D eigenvalue weighted by molar-refractivity contribution is 7.92. The molecule has 0 amide bonds. The number of ether oxygens (including phenoxy) is 1. The molecule has 3 N–H and O–H groups in total. The molecule has 3 aromatic rings. The number of nitrogens with one attached hydrogen (secondary N) is 1. The number of nitrogen functional groups attached to an aromatic ring is 1. The molecule has 2 aromatic heterocycles. The van der Waals surface area contributed by atoms with Gasteiger partial charge >= 0.3 is 0 Å². The highest BCUT2D eigenvalue weighted by Gasteiger charge is 2.27. The van der Waals surface area contributed by atoms with Crippen LogP contribution < -0.4 is 10.5 Å². The highest BCUT2D eigenvalue weighted by Crippen LogP contribution is 2.41. The first kappa shape index (κ1) is 22.5. The maximum absolute atomic E-state index is 12.3. The smallest absolute Gasteiger partial charge is 0.232 e. The van der Waals surface area contributed by atoms with Crippen molar-refractivity contribution < 1.29 is 17.6 Å². The number of oxazole rings is 1. The van der Waals surface area contributed by atoms with Crippen molar-refractivity contribution >= 4 is 33.3 Å². The molecule has 1 aromatic carbocycles. The van der Waals surface area contributed by atoms with Gasteiger partial charge in [0.25, 0.3) is 0 Å². The number of halogens is 1. The number of rotatable bonds is 7. The molecule has 0 bridgehead atoms. The van der Waals surface area contributed by atoms with E-state index in [2.05, 4.69) is 14.7 Å². The molecule has 0 spiro atoms. The van der Waals surface area contributed by atoms with Crippen LogP contribution in [-0.2, 0) is 14.8 Å². The molecule has 0 saturated carbocycles. The normalized spacial score (nSPS) is 15.1. The molecule has 1 aliphatic rings. The molecule has 32 heavy (non-hydrogen) atoms. The van der Waals surface area contributed by atoms with Crippen LogP contribution in [0.15, 0.2) is 34.9 Å². The second-order valence-corrected chi connectivity index (χ2v) is 9.72. The molecule has 0 atom stereocenters. The van der Waals surface area contributed by atoms with E-state index in [1.807, 2.05) is 0 Å². The van der Waals surface area contributed by atoms with Crippen LogP contribution in [0.2, 0.25) is 5.02 Å². The first-order valence-corrected chi connectivity index (χ1v) is 12.4. The Kier molecular flexibility index (Phi) is 6.63. The largest absolute Gasteiger partial charge is 0.438 e. The van der Waals surface area contributed by atoms with Gasteiger partial charge in [-0.2, -0.15) is 0 Å². The van der Waals surface area contributed by atoms with Gasteiger partial charge in [0.15, 0.2) is 11.7 Å². The summed E-state index contributed by atoms with van der Waals surface area (Å²) in [5.74, 6) is 1.15. The average Bonchev–Trinajstić information content (AvgIpc) is 3.21. The average molecular weight is 478 g/mol. The summed E-state index contributed by atoms with van der Waals surface area (Å²) in [6.07, 6.45) is 3.60. The van der Waals surface area contributed by atoms with E-state index in [-0.39, 0.29) is 28.3 Å². The van der Waals surface area contributed by atoms with Crippen molar-refractivity contribution in [2.24, 2.45) is 0 Å². The monoisotopic (exact) mass is 477 g/mol. The number of hydrogen-bond acceptors (Lipinski definition) is 8. The lowest BCUT2D eigenvalue weighted by Crippen LogP contribution is -2.16. The standard InChI is InChI=1S/C21H24ClN5O4S/c1-2-12-32(28,29)27-15-5-3-4-14(17(15)22)18-19(16-6-9-24-21(23)25-16)31-20(26-18)13-7-10-30-11-8-13/h3-6,9,13,27H,2,7-8,10-12H2,1H3,(H2,23,24,25). The van der Waals surface area contributed by atoms with Crippen molar-refractivity contribution in [3.8, 4) is 22.7 Å². The Morgan fingerprint density at radius 2 is 2.00 bits per heavy atom. The third-order valence-electron chi connectivity index (χ3n) is 5.11. The molecule has 1 fully saturated rings. The van der Waals surface area contributed by atoms with Crippen LogP contribution in [0.25, 0.3) is 22.7 Å². The van der Waals surface area contributed by atoms with Crippen LogP contribution in [0.4, 0.5) is 11.6 Å². The van der Waals surface area contributed by atoms with E-state index in [1.54, 1.807) is 31.2 Å². The van der Waals surface area contributed by atoms with Crippen LogP contribution >= 0.6 is 11.6 Å². The molecule has 0 radical (unpaired) electrons. The number of nitrogens with zero attached hydrogens (tertiary/aromatic N) is 3. The van der Waals surface area contributed by atoms with Crippen molar-refractivity contribution in [1.29, 1.82) is 0 Å². The lowest BCUT2D eigenvalue weighted by atomic mass is 10.0. The van der Waals surface area contributed by atoms with Gasteiger partial charge in [0.1, 0.15) is 11.4 Å². The van der Waals surface area contributed by atoms with E-state index < -0.39 is 10.0 Å². The molecule has 170 valence electrons. The van der Waals surface area contributed by atoms with Crippen molar-refractivity contribution in [3.63, 3.8) is 0 Å². The van der Waals surface area contributed by atoms with Crippen molar-refractivity contribution in [2.45, 2.75) is 32.1 Å². The highest BCUT2D eigenvalue weighted by atomic mass is 35.5. The third kappa shape index (κ3) is 4.87. The molecule has 4 rings (SSSR count). The number of sulfonamides is 1. The maximum atomic E-state index is 12.3. The Bertz CT molecular complexity index is 1210. The van der Waals surface area contributed by atoms with Crippen LogP contribution in [0.3, 0.4) is 0 Å². The van der Waals surface area contributed by atoms with Crippen molar-refractivity contribution in [1.82, 2.24) is 15.0 Å². The van der Waals surface area contributed by atoms with E-state index in [0.717, 1.165) is 12.8 Å². The summed E-state index contributed by atoms with van der Waals surface area (Å²) < 4.78 is 38.8. The fourth-order valence-corrected chi connectivity index (χ4v) is 5.06. The van der Waals surface area contributed by atoms with Gasteiger partial charge in [-0.15, -0.1) is 0 Å². The predicted molar refractivity (Wildman–Crippen MR) is 123 cm³/mol. The van der Waals surface area contributed by atoms with Gasteiger partial charge in [0, 0.05) is 30.9 Å². The van der Waals surface area contributed by atoms with Crippen LogP contribution in [-0.4, -0.2) is 42.3 Å². The zero-order valence-electron chi connectivity index (χ0n) is 17.5. The molecule has 3 heterocycles. The van der Waals surface area contributed by atoms with Gasteiger partial charge in [-0.25, -0.2) is 23.4 Å². The minimum absolute atomic E-state index is 0.00310. The Hall–Kier alpha value is -2.69. The van der Waals surface area contributed by atoms with Crippen LogP contribution in [0, 0.1) is 0 Å². The zero-order valence-corrected chi connectivity index (χ0v) is 19.1. The summed E-state index contributed by atoms with van der Waals surface area (Å²) in [4.78, 5) is 13.0. The SMILES string of the molecule is CCCS(=O)(=O)Nc1cccc(-c2nc(C3CCOCC3)oc2-c2ccnc(N)n2)c1Cl. The van der Waals surface area contributed by atoms with Gasteiger partial charge in [0.05, 0.1) is 16.5 Å². The van der Waals surface area contributed by atoms with E-state index in [1.165, 1.54) is 6.20 Å². The number of benzene rings is 1. The summed E-state index contributed by atoms with van der Waals surface area (Å²) in [6, 6.07) is 6.77. The van der Waals surface area contributed by atoms with E-state index in [0.29, 0.717) is 48.2 Å². The lowest BCUT2D eigenvalue weighted by molar-refractivity contribution is 0.0796. The minimum Gasteiger partial charge on any atom is -0.438 e. The Morgan fingerprint density at radius 3 is 2.72 bits per heavy atom. The zero-order chi connectivity index (χ0) is 22.7. The second-order valence-electron chi connectivity index (χ2n) is 7.50. The van der Waals surface area contributed by atoms with Crippen molar-refractivity contribution in [3.05, 3.63) is 41.4 Å². The molecular formula is C21H24ClN5O4S. The number of aromatic nitrogens is 3. The van der Waals surface area contributed by atoms with Gasteiger partial charge in [-0.05, 0) is 31.4 Å². The Morgan fingerprint density at radius 1 is 1.22 bits per heavy atom. The topological polar surface area (TPSA) is 133 Å². The number of nitrogens with two attached hydrogens (primary N) is 1. The summed E-state index contributed by atoms with van der Waals surface area (Å²) in [6.45, 7) is 3.06. The minimum atomic E-state index is -3.52. The quantitative estimate of drug-likeness (QED) is 0.520. The van der Waals surface area contributed by atoms with Crippen molar-refractivity contribution in [2.75, 3.05) is 29.4 Å². The van der Waals surface area contributed by atoms with E-state index >= 15 is 0 Å². The van der Waals surface area contributed by atoms with Crippen LogP contribution in [0.5, 0.6) is 0 Å². The van der Waals surface area contributed by atoms with E-state index in [4.69, 9.17) is 31.5 Å². The molecule has 9 nitrogen and oxygen atoms in total. The lowest BCUT2D eigenvalue weighted by Gasteiger charge is -2.18. The molecule has 11 heteroatoms. The predicted octanol–water partition coefficient (Wildman–Crippen LogP) is 4.08. The first-order chi connectivity index (χ1) is 15.4. The van der Waals surface area contributed by atoms with Gasteiger partial charge in [-0.3, -0.25) is 4.72 Å². The summed E-state index contributed by atoms with van der Waals surface area (Å²) >= 11 is 6.65. The fraction of sp³-hybridized carbons (Fsp3) is 0.381. The number of hydrogen-bond donors (Lipinski definition) is 2. The summed E-state index contributed by atoms with van der Waals surface area (Å²) in [5, 5.41) is 0.224. The summed E-state index contributed by atoms with van der Waals surface area (Å²) in [7, 11) is -3.52. The third-order valence-corrected chi connectivity index (χ3v) is 7.00. The Labute approximate surface area is 191 Å². The summed E-state index contributed by atoms with van der Waals surface area (Å²) in [5.41, 5.74) is 7.52. The first-order valence-electron chi connectivity index (χ1n) is 10.3. The second kappa shape index (κ2) is 9.43. The molecule has 0 aliphatic carbocycles. The molecule has 0 unspecified atom stereocenters. The van der Waals surface area contributed by atoms with Gasteiger partial charge in [-0.1, -0.05) is 30.7 Å². The maximum Gasteiger partial charge on any atom is 0.232 e. The molecule has 1 aliphatic heterocycles. The van der Waals surface area contributed by atoms with Crippen LogP contribution in [0.1, 0.15) is 38.0 Å². The van der Waals surface area contributed by atoms with E-state index in [9.17, 15) is 8.42 Å². The molecular weight excluding hydrogens is 454 g/mol.